The van der Waals surface area contributed by atoms with Crippen molar-refractivity contribution in [2.45, 2.75) is 40.2 Å². The molecule has 1 aromatic rings. The number of hydrogen-bond donors (Lipinski definition) is 1. The Balaban J connectivity index is 3.01. The molecule has 0 radical (unpaired) electrons. The van der Waals surface area contributed by atoms with Crippen LogP contribution in [-0.2, 0) is 0 Å². The highest BCUT2D eigenvalue weighted by atomic mass is 79.9. The molecular formula is C14H22BrNO2. The monoisotopic (exact) mass is 315 g/mol. The van der Waals surface area contributed by atoms with Crippen molar-refractivity contribution in [2.24, 2.45) is 0 Å². The van der Waals surface area contributed by atoms with Crippen molar-refractivity contribution in [2.75, 3.05) is 18.5 Å². The molecule has 3 nitrogen and oxygen atoms in total. The van der Waals surface area contributed by atoms with E-state index in [0.29, 0.717) is 19.3 Å². The third-order valence-corrected chi connectivity index (χ3v) is 2.80. The highest BCUT2D eigenvalue weighted by Gasteiger charge is 2.12. The molecular weight excluding hydrogens is 294 g/mol. The molecule has 0 amide bonds. The van der Waals surface area contributed by atoms with Gasteiger partial charge >= 0.3 is 0 Å². The van der Waals surface area contributed by atoms with Gasteiger partial charge in [0.05, 0.1) is 17.7 Å². The maximum atomic E-state index is 5.73. The zero-order valence-corrected chi connectivity index (χ0v) is 13.1. The Morgan fingerprint density at radius 1 is 1.22 bits per heavy atom. The van der Waals surface area contributed by atoms with Crippen LogP contribution in [0.3, 0.4) is 0 Å². The molecule has 0 fully saturated rings. The molecule has 18 heavy (non-hydrogen) atoms. The summed E-state index contributed by atoms with van der Waals surface area (Å²) in [5.74, 6) is 1.57. The molecule has 0 unspecified atom stereocenters. The summed E-state index contributed by atoms with van der Waals surface area (Å²) in [6.07, 6.45) is 0.976. The van der Waals surface area contributed by atoms with E-state index < -0.39 is 0 Å². The predicted octanol–water partition coefficient (Wildman–Crippen LogP) is 4.46. The van der Waals surface area contributed by atoms with Gasteiger partial charge in [-0.05, 0) is 49.2 Å². The van der Waals surface area contributed by atoms with Crippen LogP contribution in [0.2, 0.25) is 0 Å². The van der Waals surface area contributed by atoms with Crippen LogP contribution in [-0.4, -0.2) is 19.3 Å². The minimum atomic E-state index is 0.383. The fraction of sp³-hybridized carbons (Fsp3) is 0.571. The predicted molar refractivity (Wildman–Crippen MR) is 79.9 cm³/mol. The van der Waals surface area contributed by atoms with E-state index >= 15 is 0 Å². The van der Waals surface area contributed by atoms with Crippen LogP contribution in [0.25, 0.3) is 0 Å². The summed E-state index contributed by atoms with van der Waals surface area (Å²) in [5.41, 5.74) is 1.03. The average Bonchev–Trinajstić information content (AvgIpc) is 2.27. The summed E-state index contributed by atoms with van der Waals surface area (Å²) < 4.78 is 12.3. The fourth-order valence-corrected chi connectivity index (χ4v) is 2.15. The first kappa shape index (κ1) is 15.2. The summed E-state index contributed by atoms with van der Waals surface area (Å²) in [5, 5.41) is 3.36. The Morgan fingerprint density at radius 2 is 1.94 bits per heavy atom. The van der Waals surface area contributed by atoms with Crippen LogP contribution in [0.1, 0.15) is 34.1 Å². The normalized spacial score (nSPS) is 10.6. The summed E-state index contributed by atoms with van der Waals surface area (Å²) in [6, 6.07) is 4.39. The van der Waals surface area contributed by atoms with Crippen LogP contribution < -0.4 is 14.8 Å². The molecule has 0 aliphatic carbocycles. The first-order valence-electron chi connectivity index (χ1n) is 6.44. The molecule has 4 heteroatoms. The standard InChI is InChI=1S/C14H22BrNO2/c1-5-7-18-14-12(15)8-11(16-10(3)4)9-13(14)17-6-2/h8-10,16H,5-7H2,1-4H3. The highest BCUT2D eigenvalue weighted by Crippen LogP contribution is 2.38. The summed E-state index contributed by atoms with van der Waals surface area (Å²) in [4.78, 5) is 0. The van der Waals surface area contributed by atoms with Crippen molar-refractivity contribution < 1.29 is 9.47 Å². The number of hydrogen-bond acceptors (Lipinski definition) is 3. The van der Waals surface area contributed by atoms with Gasteiger partial charge < -0.3 is 14.8 Å². The van der Waals surface area contributed by atoms with E-state index in [1.165, 1.54) is 0 Å². The van der Waals surface area contributed by atoms with Crippen LogP contribution in [0.5, 0.6) is 11.5 Å². The summed E-state index contributed by atoms with van der Waals surface area (Å²) in [6.45, 7) is 9.59. The summed E-state index contributed by atoms with van der Waals surface area (Å²) in [7, 11) is 0. The van der Waals surface area contributed by atoms with Gasteiger partial charge in [-0.25, -0.2) is 0 Å². The molecule has 0 aliphatic rings. The molecule has 1 N–H and O–H groups in total. The Morgan fingerprint density at radius 3 is 2.50 bits per heavy atom. The molecule has 0 aliphatic heterocycles. The molecule has 1 aromatic carbocycles. The second-order valence-electron chi connectivity index (χ2n) is 4.37. The van der Waals surface area contributed by atoms with Gasteiger partial charge in [0.2, 0.25) is 0 Å². The lowest BCUT2D eigenvalue weighted by atomic mass is 10.2. The zero-order valence-electron chi connectivity index (χ0n) is 11.5. The van der Waals surface area contributed by atoms with E-state index in [4.69, 9.17) is 9.47 Å². The van der Waals surface area contributed by atoms with E-state index in [-0.39, 0.29) is 0 Å². The molecule has 0 aromatic heterocycles. The molecule has 1 rings (SSSR count). The van der Waals surface area contributed by atoms with Crippen molar-refractivity contribution in [1.29, 1.82) is 0 Å². The topological polar surface area (TPSA) is 30.5 Å². The van der Waals surface area contributed by atoms with Crippen LogP contribution in [0, 0.1) is 0 Å². The number of anilines is 1. The van der Waals surface area contributed by atoms with Crippen molar-refractivity contribution >= 4 is 21.6 Å². The van der Waals surface area contributed by atoms with Gasteiger partial charge in [0.25, 0.3) is 0 Å². The number of rotatable bonds is 7. The number of nitrogens with one attached hydrogen (secondary N) is 1. The first-order chi connectivity index (χ1) is 8.58. The third kappa shape index (κ3) is 4.41. The Hall–Kier alpha value is -0.900. The van der Waals surface area contributed by atoms with Gasteiger partial charge in [0.1, 0.15) is 0 Å². The lowest BCUT2D eigenvalue weighted by Gasteiger charge is -2.17. The number of benzene rings is 1. The lowest BCUT2D eigenvalue weighted by Crippen LogP contribution is -2.10. The van der Waals surface area contributed by atoms with E-state index in [1.54, 1.807) is 0 Å². The van der Waals surface area contributed by atoms with Gasteiger partial charge in [0.15, 0.2) is 11.5 Å². The van der Waals surface area contributed by atoms with Crippen LogP contribution in [0.4, 0.5) is 5.69 Å². The van der Waals surface area contributed by atoms with Crippen LogP contribution in [0.15, 0.2) is 16.6 Å². The number of halogens is 1. The summed E-state index contributed by atoms with van der Waals surface area (Å²) >= 11 is 3.54. The van der Waals surface area contributed by atoms with E-state index in [2.05, 4.69) is 42.0 Å². The second-order valence-corrected chi connectivity index (χ2v) is 5.22. The molecule has 0 bridgehead atoms. The SMILES string of the molecule is CCCOc1c(Br)cc(NC(C)C)cc1OCC. The second kappa shape index (κ2) is 7.52. The zero-order chi connectivity index (χ0) is 13.5. The highest BCUT2D eigenvalue weighted by molar-refractivity contribution is 9.10. The molecule has 0 heterocycles. The van der Waals surface area contributed by atoms with Gasteiger partial charge in [0, 0.05) is 17.8 Å². The van der Waals surface area contributed by atoms with Gasteiger partial charge in [-0.1, -0.05) is 6.92 Å². The Bertz CT molecular complexity index is 380. The quantitative estimate of drug-likeness (QED) is 0.806. The minimum absolute atomic E-state index is 0.383. The smallest absolute Gasteiger partial charge is 0.175 e. The van der Waals surface area contributed by atoms with Crippen LogP contribution >= 0.6 is 15.9 Å². The molecule has 0 saturated heterocycles. The van der Waals surface area contributed by atoms with E-state index in [0.717, 1.165) is 28.1 Å². The molecule has 102 valence electrons. The fourth-order valence-electron chi connectivity index (χ4n) is 1.59. The van der Waals surface area contributed by atoms with Crippen molar-refractivity contribution in [3.8, 4) is 11.5 Å². The van der Waals surface area contributed by atoms with E-state index in [1.807, 2.05) is 19.1 Å². The first-order valence-corrected chi connectivity index (χ1v) is 7.23. The van der Waals surface area contributed by atoms with Crippen molar-refractivity contribution in [3.63, 3.8) is 0 Å². The molecule has 0 atom stereocenters. The number of ether oxygens (including phenoxy) is 2. The van der Waals surface area contributed by atoms with E-state index in [9.17, 15) is 0 Å². The minimum Gasteiger partial charge on any atom is -0.490 e. The maximum Gasteiger partial charge on any atom is 0.175 e. The van der Waals surface area contributed by atoms with Gasteiger partial charge in [-0.2, -0.15) is 0 Å². The maximum absolute atomic E-state index is 5.73. The third-order valence-electron chi connectivity index (χ3n) is 2.22. The largest absolute Gasteiger partial charge is 0.490 e. The van der Waals surface area contributed by atoms with Crippen molar-refractivity contribution in [3.05, 3.63) is 16.6 Å². The average molecular weight is 316 g/mol. The molecule has 0 saturated carbocycles. The Kier molecular flexibility index (Phi) is 6.33. The molecule has 0 spiro atoms. The van der Waals surface area contributed by atoms with Gasteiger partial charge in [-0.3, -0.25) is 0 Å². The van der Waals surface area contributed by atoms with Gasteiger partial charge in [-0.15, -0.1) is 0 Å². The van der Waals surface area contributed by atoms with Crippen molar-refractivity contribution in [1.82, 2.24) is 0 Å². The Labute approximate surface area is 118 Å². The lowest BCUT2D eigenvalue weighted by molar-refractivity contribution is 0.275.